The van der Waals surface area contributed by atoms with Gasteiger partial charge in [0.1, 0.15) is 6.54 Å². The molecule has 0 aliphatic carbocycles. The minimum absolute atomic E-state index is 0.00367. The van der Waals surface area contributed by atoms with Crippen molar-refractivity contribution in [1.82, 2.24) is 20.4 Å². The van der Waals surface area contributed by atoms with Gasteiger partial charge < -0.3 is 20.3 Å². The minimum atomic E-state index is -0.893. The number of guanidine groups is 1. The van der Waals surface area contributed by atoms with Crippen molar-refractivity contribution in [3.05, 3.63) is 35.4 Å². The monoisotopic (exact) mass is 411 g/mol. The van der Waals surface area contributed by atoms with Crippen LogP contribution < -0.4 is 10.6 Å². The third kappa shape index (κ3) is 7.94. The van der Waals surface area contributed by atoms with Gasteiger partial charge in [-0.3, -0.25) is 9.69 Å². The molecule has 2 N–H and O–H groups in total. The number of hydrogen-bond donors (Lipinski definition) is 2. The van der Waals surface area contributed by atoms with E-state index in [-0.39, 0.29) is 18.5 Å². The Morgan fingerprint density at radius 1 is 1.28 bits per heavy atom. The number of aliphatic imine (C=N–C) groups is 1. The quantitative estimate of drug-likeness (QED) is 0.384. The van der Waals surface area contributed by atoms with E-state index in [1.54, 1.807) is 14.1 Å². The summed E-state index contributed by atoms with van der Waals surface area (Å²) in [6.07, 6.45) is 0.905. The van der Waals surface area contributed by atoms with Gasteiger partial charge in [0.15, 0.2) is 17.6 Å². The highest BCUT2D eigenvalue weighted by Crippen LogP contribution is 2.15. The standard InChI is InChI=1S/C20H31F2N5O2/c1-15(16-5-6-17(21)18(22)13-16)25-20(24-14-19(28)26(2)3)23-7-4-8-27-9-11-29-12-10-27/h5-6,13,15H,4,7-12,14H2,1-3H3,(H2,23,24,25). The van der Waals surface area contributed by atoms with Gasteiger partial charge in [0.25, 0.3) is 0 Å². The first-order valence-electron chi connectivity index (χ1n) is 9.87. The van der Waals surface area contributed by atoms with Gasteiger partial charge in [0.2, 0.25) is 5.91 Å². The smallest absolute Gasteiger partial charge is 0.243 e. The molecular formula is C20H31F2N5O2. The number of nitrogens with zero attached hydrogens (tertiary/aromatic N) is 3. The number of likely N-dealkylation sites (N-methyl/N-ethyl adjacent to an activating group) is 1. The topological polar surface area (TPSA) is 69.2 Å². The van der Waals surface area contributed by atoms with Crippen LogP contribution in [0.25, 0.3) is 0 Å². The minimum Gasteiger partial charge on any atom is -0.379 e. The summed E-state index contributed by atoms with van der Waals surface area (Å²) in [7, 11) is 3.34. The molecule has 0 aromatic heterocycles. The number of ether oxygens (including phenoxy) is 1. The van der Waals surface area contributed by atoms with E-state index in [0.717, 1.165) is 51.4 Å². The molecule has 2 rings (SSSR count). The van der Waals surface area contributed by atoms with E-state index in [4.69, 9.17) is 4.74 Å². The summed E-state index contributed by atoms with van der Waals surface area (Å²) in [5, 5.41) is 6.38. The second-order valence-electron chi connectivity index (χ2n) is 7.23. The molecule has 1 aliphatic heterocycles. The van der Waals surface area contributed by atoms with Crippen LogP contribution in [0.5, 0.6) is 0 Å². The predicted molar refractivity (Wildman–Crippen MR) is 109 cm³/mol. The third-order valence-corrected chi connectivity index (χ3v) is 4.72. The lowest BCUT2D eigenvalue weighted by atomic mass is 10.1. The van der Waals surface area contributed by atoms with Crippen LogP contribution >= 0.6 is 0 Å². The predicted octanol–water partition coefficient (Wildman–Crippen LogP) is 1.37. The highest BCUT2D eigenvalue weighted by molar-refractivity contribution is 5.85. The molecule has 1 unspecified atom stereocenters. The van der Waals surface area contributed by atoms with Gasteiger partial charge in [-0.15, -0.1) is 0 Å². The van der Waals surface area contributed by atoms with Crippen LogP contribution in [0.4, 0.5) is 8.78 Å². The SMILES string of the molecule is CC(NC(=NCC(=O)N(C)C)NCCCN1CCOCC1)c1ccc(F)c(F)c1. The van der Waals surface area contributed by atoms with E-state index < -0.39 is 11.6 Å². The van der Waals surface area contributed by atoms with E-state index in [2.05, 4.69) is 20.5 Å². The molecule has 1 heterocycles. The summed E-state index contributed by atoms with van der Waals surface area (Å²) in [4.78, 5) is 20.0. The largest absolute Gasteiger partial charge is 0.379 e. The lowest BCUT2D eigenvalue weighted by Gasteiger charge is -2.26. The zero-order chi connectivity index (χ0) is 21.2. The van der Waals surface area contributed by atoms with Gasteiger partial charge in [0, 0.05) is 33.7 Å². The van der Waals surface area contributed by atoms with Gasteiger partial charge in [-0.25, -0.2) is 13.8 Å². The number of carbonyl (C=O) groups is 1. The summed E-state index contributed by atoms with van der Waals surface area (Å²) in [6.45, 7) is 6.83. The maximum Gasteiger partial charge on any atom is 0.243 e. The number of nitrogens with one attached hydrogen (secondary N) is 2. The van der Waals surface area contributed by atoms with Gasteiger partial charge >= 0.3 is 0 Å². The van der Waals surface area contributed by atoms with E-state index in [0.29, 0.717) is 18.1 Å². The lowest BCUT2D eigenvalue weighted by Crippen LogP contribution is -2.42. The average molecular weight is 411 g/mol. The fourth-order valence-electron chi connectivity index (χ4n) is 2.85. The number of benzene rings is 1. The van der Waals surface area contributed by atoms with Crippen LogP contribution in [-0.4, -0.2) is 81.7 Å². The molecular weight excluding hydrogens is 380 g/mol. The summed E-state index contributed by atoms with van der Waals surface area (Å²) < 4.78 is 32.1. The summed E-state index contributed by atoms with van der Waals surface area (Å²) in [5.41, 5.74) is 0.589. The van der Waals surface area contributed by atoms with Crippen LogP contribution in [0.15, 0.2) is 23.2 Å². The molecule has 1 saturated heterocycles. The molecule has 1 aliphatic rings. The van der Waals surface area contributed by atoms with Gasteiger partial charge in [-0.2, -0.15) is 0 Å². The Hall–Kier alpha value is -2.26. The van der Waals surface area contributed by atoms with Crippen molar-refractivity contribution in [1.29, 1.82) is 0 Å². The number of carbonyl (C=O) groups excluding carboxylic acids is 1. The fourth-order valence-corrected chi connectivity index (χ4v) is 2.85. The van der Waals surface area contributed by atoms with Crippen molar-refractivity contribution < 1.29 is 18.3 Å². The van der Waals surface area contributed by atoms with Gasteiger partial charge in [0.05, 0.1) is 19.3 Å². The highest BCUT2D eigenvalue weighted by atomic mass is 19.2. The number of hydrogen-bond acceptors (Lipinski definition) is 4. The zero-order valence-electron chi connectivity index (χ0n) is 17.4. The number of amides is 1. The van der Waals surface area contributed by atoms with Gasteiger partial charge in [-0.05, 0) is 37.6 Å². The Balaban J connectivity index is 1.93. The van der Waals surface area contributed by atoms with Crippen molar-refractivity contribution in [3.8, 4) is 0 Å². The summed E-state index contributed by atoms with van der Waals surface area (Å²) >= 11 is 0. The average Bonchev–Trinajstić information content (AvgIpc) is 2.71. The second kappa shape index (κ2) is 11.7. The Morgan fingerprint density at radius 2 is 2.00 bits per heavy atom. The van der Waals surface area contributed by atoms with Crippen molar-refractivity contribution in [3.63, 3.8) is 0 Å². The highest BCUT2D eigenvalue weighted by Gasteiger charge is 2.13. The Labute approximate surface area is 171 Å². The van der Waals surface area contributed by atoms with Crippen LogP contribution in [0.1, 0.15) is 24.9 Å². The maximum atomic E-state index is 13.5. The van der Waals surface area contributed by atoms with E-state index in [1.165, 1.54) is 11.0 Å². The van der Waals surface area contributed by atoms with Crippen LogP contribution in [0, 0.1) is 11.6 Å². The van der Waals surface area contributed by atoms with Crippen molar-refractivity contribution >= 4 is 11.9 Å². The van der Waals surface area contributed by atoms with Crippen molar-refractivity contribution in [2.75, 3.05) is 60.0 Å². The van der Waals surface area contributed by atoms with Crippen molar-refractivity contribution in [2.45, 2.75) is 19.4 Å². The Bertz CT molecular complexity index is 693. The number of morpholine rings is 1. The second-order valence-corrected chi connectivity index (χ2v) is 7.23. The maximum absolute atomic E-state index is 13.5. The molecule has 9 heteroatoms. The molecule has 0 spiro atoms. The number of rotatable bonds is 8. The number of halogens is 2. The Kier molecular flexibility index (Phi) is 9.27. The first-order chi connectivity index (χ1) is 13.9. The molecule has 0 radical (unpaired) electrons. The van der Waals surface area contributed by atoms with Crippen molar-refractivity contribution in [2.24, 2.45) is 4.99 Å². The molecule has 0 saturated carbocycles. The van der Waals surface area contributed by atoms with E-state index >= 15 is 0 Å². The summed E-state index contributed by atoms with van der Waals surface area (Å²) in [6, 6.07) is 3.47. The molecule has 7 nitrogen and oxygen atoms in total. The molecule has 1 aromatic carbocycles. The van der Waals surface area contributed by atoms with Crippen LogP contribution in [0.3, 0.4) is 0 Å². The van der Waals surface area contributed by atoms with Crippen LogP contribution in [-0.2, 0) is 9.53 Å². The van der Waals surface area contributed by atoms with E-state index in [1.807, 2.05) is 6.92 Å². The Morgan fingerprint density at radius 3 is 2.66 bits per heavy atom. The molecule has 29 heavy (non-hydrogen) atoms. The zero-order valence-corrected chi connectivity index (χ0v) is 17.4. The lowest BCUT2D eigenvalue weighted by molar-refractivity contribution is -0.127. The molecule has 162 valence electrons. The molecule has 0 bridgehead atoms. The third-order valence-electron chi connectivity index (χ3n) is 4.72. The fraction of sp³-hybridized carbons (Fsp3) is 0.600. The molecule has 1 atom stereocenters. The normalized spacial score (nSPS) is 16.4. The molecule has 1 fully saturated rings. The van der Waals surface area contributed by atoms with Gasteiger partial charge in [-0.1, -0.05) is 6.07 Å². The molecule has 1 amide bonds. The first kappa shape index (κ1) is 23.0. The summed E-state index contributed by atoms with van der Waals surface area (Å²) in [5.74, 6) is -1.44. The first-order valence-corrected chi connectivity index (χ1v) is 9.87. The van der Waals surface area contributed by atoms with Crippen LogP contribution in [0.2, 0.25) is 0 Å². The van der Waals surface area contributed by atoms with E-state index in [9.17, 15) is 13.6 Å². The molecule has 1 aromatic rings.